The smallest absolute Gasteiger partial charge is 0.277 e. The molecular formula is C31H37Cl2N5O4. The molecule has 3 aromatic rings. The Hall–Kier alpha value is -3.82. The highest BCUT2D eigenvalue weighted by Gasteiger charge is 2.17. The fraction of sp³-hybridized carbons (Fsp3) is 0.355. The standard InChI is InChI=1S/C31H37Cl2N5O4/c1-18(2)22-10-8-20(5)12-26(22)41-16-28(39)36-34-14-24-25(31(33)38(7)30(24)32)15-35-37-29(40)17-42-27-13-21(6)9-11-23(27)19(3)4/h8-15,18-19H,16-17H2,1-7H3,(H,36,39)(H,37,40). The number of benzene rings is 2. The Labute approximate surface area is 256 Å². The van der Waals surface area contributed by atoms with Gasteiger partial charge in [-0.15, -0.1) is 0 Å². The SMILES string of the molecule is Cc1ccc(C(C)C)c(OCC(=O)NN=Cc2c(C=NNC(=O)COc3cc(C)ccc3C(C)C)c(Cl)n(C)c2Cl)c1. The summed E-state index contributed by atoms with van der Waals surface area (Å²) in [6.45, 7) is 11.7. The van der Waals surface area contributed by atoms with Crippen molar-refractivity contribution >= 4 is 47.4 Å². The fourth-order valence-electron chi connectivity index (χ4n) is 4.09. The number of hydrogen-bond acceptors (Lipinski definition) is 6. The largest absolute Gasteiger partial charge is 0.483 e. The number of rotatable bonds is 12. The molecule has 0 bridgehead atoms. The van der Waals surface area contributed by atoms with E-state index in [9.17, 15) is 9.59 Å². The van der Waals surface area contributed by atoms with E-state index in [2.05, 4.69) is 48.7 Å². The normalized spacial score (nSPS) is 11.6. The Morgan fingerprint density at radius 1 is 0.786 bits per heavy atom. The van der Waals surface area contributed by atoms with Crippen LogP contribution in [0.4, 0.5) is 0 Å². The van der Waals surface area contributed by atoms with E-state index in [1.54, 1.807) is 7.05 Å². The summed E-state index contributed by atoms with van der Waals surface area (Å²) in [5.41, 5.74) is 9.78. The minimum Gasteiger partial charge on any atom is -0.483 e. The lowest BCUT2D eigenvalue weighted by Gasteiger charge is -2.14. The van der Waals surface area contributed by atoms with Crippen molar-refractivity contribution in [3.63, 3.8) is 0 Å². The van der Waals surface area contributed by atoms with E-state index in [1.807, 2.05) is 50.2 Å². The Morgan fingerprint density at radius 3 is 1.52 bits per heavy atom. The molecule has 0 aliphatic carbocycles. The molecule has 2 amide bonds. The fourth-order valence-corrected chi connectivity index (χ4v) is 4.60. The first-order chi connectivity index (χ1) is 19.9. The van der Waals surface area contributed by atoms with Gasteiger partial charge in [-0.1, -0.05) is 75.2 Å². The topological polar surface area (TPSA) is 106 Å². The van der Waals surface area contributed by atoms with Crippen LogP contribution in [-0.2, 0) is 16.6 Å². The first kappa shape index (κ1) is 32.7. The third-order valence-electron chi connectivity index (χ3n) is 6.39. The predicted octanol–water partition coefficient (Wildman–Crippen LogP) is 6.25. The number of nitrogens with one attached hydrogen (secondary N) is 2. The molecule has 0 aliphatic rings. The number of hydrazone groups is 2. The average molecular weight is 615 g/mol. The third kappa shape index (κ3) is 8.59. The molecule has 0 atom stereocenters. The van der Waals surface area contributed by atoms with Crippen molar-refractivity contribution in [2.75, 3.05) is 13.2 Å². The molecule has 11 heteroatoms. The van der Waals surface area contributed by atoms with E-state index >= 15 is 0 Å². The van der Waals surface area contributed by atoms with Crippen LogP contribution in [-0.4, -0.2) is 42.0 Å². The number of carbonyl (C=O) groups excluding carboxylic acids is 2. The summed E-state index contributed by atoms with van der Waals surface area (Å²) in [5, 5.41) is 8.56. The molecule has 0 saturated heterocycles. The van der Waals surface area contributed by atoms with Gasteiger partial charge in [0.15, 0.2) is 13.2 Å². The van der Waals surface area contributed by atoms with Gasteiger partial charge in [0, 0.05) is 18.2 Å². The monoisotopic (exact) mass is 613 g/mol. The zero-order chi connectivity index (χ0) is 31.0. The molecule has 224 valence electrons. The molecule has 2 aromatic carbocycles. The van der Waals surface area contributed by atoms with E-state index < -0.39 is 11.8 Å². The van der Waals surface area contributed by atoms with Crippen LogP contribution < -0.4 is 20.3 Å². The number of aryl methyl sites for hydroxylation is 2. The summed E-state index contributed by atoms with van der Waals surface area (Å²) >= 11 is 12.9. The summed E-state index contributed by atoms with van der Waals surface area (Å²) in [6.07, 6.45) is 2.71. The van der Waals surface area contributed by atoms with Crippen LogP contribution in [0.25, 0.3) is 0 Å². The maximum atomic E-state index is 12.4. The van der Waals surface area contributed by atoms with Gasteiger partial charge in [0.25, 0.3) is 11.8 Å². The molecule has 1 heterocycles. The quantitative estimate of drug-likeness (QED) is 0.186. The number of carbonyl (C=O) groups is 2. The van der Waals surface area contributed by atoms with Crippen molar-refractivity contribution in [2.45, 2.75) is 53.4 Å². The van der Waals surface area contributed by atoms with E-state index in [0.29, 0.717) is 22.6 Å². The first-order valence-electron chi connectivity index (χ1n) is 13.5. The van der Waals surface area contributed by atoms with Gasteiger partial charge < -0.3 is 14.0 Å². The van der Waals surface area contributed by atoms with Crippen molar-refractivity contribution in [1.82, 2.24) is 15.4 Å². The number of ether oxygens (including phenoxy) is 2. The number of halogens is 2. The number of nitrogens with zero attached hydrogens (tertiary/aromatic N) is 3. The van der Waals surface area contributed by atoms with Crippen molar-refractivity contribution in [3.05, 3.63) is 80.1 Å². The van der Waals surface area contributed by atoms with Crippen LogP contribution in [0, 0.1) is 13.8 Å². The highest BCUT2D eigenvalue weighted by Crippen LogP contribution is 2.29. The second kappa shape index (κ2) is 14.9. The first-order valence-corrected chi connectivity index (χ1v) is 14.3. The molecule has 42 heavy (non-hydrogen) atoms. The van der Waals surface area contributed by atoms with Gasteiger partial charge in [-0.3, -0.25) is 9.59 Å². The Balaban J connectivity index is 1.61. The number of amides is 2. The molecule has 0 saturated carbocycles. The molecule has 0 unspecified atom stereocenters. The van der Waals surface area contributed by atoms with Crippen molar-refractivity contribution in [1.29, 1.82) is 0 Å². The summed E-state index contributed by atoms with van der Waals surface area (Å²) in [6, 6.07) is 11.8. The average Bonchev–Trinajstić information content (AvgIpc) is 3.13. The van der Waals surface area contributed by atoms with Crippen LogP contribution in [0.1, 0.15) is 72.9 Å². The van der Waals surface area contributed by atoms with Gasteiger partial charge in [-0.25, -0.2) is 10.9 Å². The van der Waals surface area contributed by atoms with Gasteiger partial charge in [-0.05, 0) is 60.1 Å². The van der Waals surface area contributed by atoms with Crippen molar-refractivity contribution in [2.24, 2.45) is 17.3 Å². The maximum absolute atomic E-state index is 12.4. The Bertz CT molecular complexity index is 1390. The highest BCUT2D eigenvalue weighted by atomic mass is 35.5. The lowest BCUT2D eigenvalue weighted by Crippen LogP contribution is -2.25. The van der Waals surface area contributed by atoms with Crippen LogP contribution in [0.15, 0.2) is 46.6 Å². The van der Waals surface area contributed by atoms with Gasteiger partial charge in [-0.2, -0.15) is 10.2 Å². The Kier molecular flexibility index (Phi) is 11.6. The van der Waals surface area contributed by atoms with Crippen molar-refractivity contribution < 1.29 is 19.1 Å². The van der Waals surface area contributed by atoms with Crippen LogP contribution >= 0.6 is 23.2 Å². The second-order valence-corrected chi connectivity index (χ2v) is 11.2. The minimum absolute atomic E-state index is 0.215. The molecular weight excluding hydrogens is 577 g/mol. The van der Waals surface area contributed by atoms with Gasteiger partial charge in [0.05, 0.1) is 12.4 Å². The lowest BCUT2D eigenvalue weighted by atomic mass is 10.0. The molecule has 1 aromatic heterocycles. The molecule has 0 fully saturated rings. The Morgan fingerprint density at radius 2 is 1.17 bits per heavy atom. The van der Waals surface area contributed by atoms with E-state index in [4.69, 9.17) is 32.7 Å². The second-order valence-electron chi connectivity index (χ2n) is 10.5. The number of hydrogen-bond donors (Lipinski definition) is 2. The summed E-state index contributed by atoms with van der Waals surface area (Å²) in [7, 11) is 1.67. The number of aromatic nitrogens is 1. The van der Waals surface area contributed by atoms with Crippen LogP contribution in [0.5, 0.6) is 11.5 Å². The minimum atomic E-state index is -0.447. The van der Waals surface area contributed by atoms with E-state index in [1.165, 1.54) is 17.0 Å². The molecule has 0 aliphatic heterocycles. The zero-order valence-corrected chi connectivity index (χ0v) is 26.4. The lowest BCUT2D eigenvalue weighted by molar-refractivity contribution is -0.123. The van der Waals surface area contributed by atoms with Gasteiger partial charge >= 0.3 is 0 Å². The maximum Gasteiger partial charge on any atom is 0.277 e. The van der Waals surface area contributed by atoms with Crippen LogP contribution in [0.3, 0.4) is 0 Å². The van der Waals surface area contributed by atoms with E-state index in [0.717, 1.165) is 22.3 Å². The predicted molar refractivity (Wildman–Crippen MR) is 168 cm³/mol. The molecule has 0 spiro atoms. The third-order valence-corrected chi connectivity index (χ3v) is 7.30. The molecule has 3 rings (SSSR count). The summed E-state index contributed by atoms with van der Waals surface area (Å²) in [4.78, 5) is 24.8. The summed E-state index contributed by atoms with van der Waals surface area (Å²) in [5.74, 6) is 0.916. The highest BCUT2D eigenvalue weighted by molar-refractivity contribution is 6.38. The summed E-state index contributed by atoms with van der Waals surface area (Å²) < 4.78 is 13.0. The van der Waals surface area contributed by atoms with E-state index in [-0.39, 0.29) is 35.4 Å². The van der Waals surface area contributed by atoms with Crippen LogP contribution in [0.2, 0.25) is 10.3 Å². The van der Waals surface area contributed by atoms with Crippen molar-refractivity contribution in [3.8, 4) is 11.5 Å². The molecule has 9 nitrogen and oxygen atoms in total. The van der Waals surface area contributed by atoms with Gasteiger partial charge in [0.2, 0.25) is 0 Å². The molecule has 0 radical (unpaired) electrons. The molecule has 2 N–H and O–H groups in total. The zero-order valence-electron chi connectivity index (χ0n) is 24.9. The van der Waals surface area contributed by atoms with Gasteiger partial charge in [0.1, 0.15) is 21.8 Å².